The number of hydrogen-bond acceptors (Lipinski definition) is 4. The third-order valence-electron chi connectivity index (χ3n) is 2.47. The van der Waals surface area contributed by atoms with Crippen molar-refractivity contribution < 1.29 is 19.4 Å². The van der Waals surface area contributed by atoms with Gasteiger partial charge in [0.25, 0.3) is 0 Å². The van der Waals surface area contributed by atoms with Crippen molar-refractivity contribution in [2.45, 2.75) is 19.4 Å². The van der Waals surface area contributed by atoms with Gasteiger partial charge >= 0.3 is 11.9 Å². The molecule has 1 aliphatic heterocycles. The lowest BCUT2D eigenvalue weighted by atomic mass is 10.2. The van der Waals surface area contributed by atoms with E-state index in [1.54, 1.807) is 0 Å². The molecule has 1 heterocycles. The van der Waals surface area contributed by atoms with E-state index in [0.29, 0.717) is 12.0 Å². The van der Waals surface area contributed by atoms with E-state index in [4.69, 9.17) is 9.84 Å². The van der Waals surface area contributed by atoms with Gasteiger partial charge in [-0.2, -0.15) is 0 Å². The van der Waals surface area contributed by atoms with E-state index in [0.717, 1.165) is 25.7 Å². The zero-order valence-electron chi connectivity index (χ0n) is 13.9. The second-order valence-electron chi connectivity index (χ2n) is 4.65. The van der Waals surface area contributed by atoms with E-state index in [1.807, 2.05) is 25.2 Å². The molecule has 1 N–H and O–H groups in total. The smallest absolute Gasteiger partial charge is 0.333 e. The number of hydrogen-bond donors (Lipinski definition) is 1. The van der Waals surface area contributed by atoms with E-state index in [-0.39, 0.29) is 12.1 Å². The summed E-state index contributed by atoms with van der Waals surface area (Å²) in [4.78, 5) is 21.9. The molecule has 0 bridgehead atoms. The highest BCUT2D eigenvalue weighted by molar-refractivity contribution is 5.89. The van der Waals surface area contributed by atoms with Gasteiger partial charge in [-0.15, -0.1) is 19.7 Å². The number of aliphatic carboxylic acids is 1. The quantitative estimate of drug-likeness (QED) is 0.443. The molecule has 1 rings (SSSR count). The van der Waals surface area contributed by atoms with Crippen molar-refractivity contribution in [1.29, 1.82) is 0 Å². The molecule has 1 unspecified atom stereocenters. The maximum Gasteiger partial charge on any atom is 0.333 e. The minimum absolute atomic E-state index is 0.0509. The Hall–Kier alpha value is -2.40. The summed E-state index contributed by atoms with van der Waals surface area (Å²) in [6.45, 7) is 22.0. The highest BCUT2D eigenvalue weighted by Gasteiger charge is 2.22. The fraction of sp³-hybridized carbons (Fsp3) is 0.333. The van der Waals surface area contributed by atoms with E-state index in [9.17, 15) is 9.59 Å². The van der Waals surface area contributed by atoms with Crippen LogP contribution in [0.2, 0.25) is 0 Å². The van der Waals surface area contributed by atoms with Gasteiger partial charge in [-0.3, -0.25) is 4.90 Å². The molecule has 0 spiro atoms. The molecule has 0 aromatic carbocycles. The van der Waals surface area contributed by atoms with Gasteiger partial charge in [0.2, 0.25) is 0 Å². The first-order chi connectivity index (χ1) is 10.8. The maximum atomic E-state index is 10.5. The van der Waals surface area contributed by atoms with Gasteiger partial charge < -0.3 is 9.84 Å². The molecule has 1 saturated heterocycles. The molecular formula is C18H27NO4. The minimum atomic E-state index is -0.981. The van der Waals surface area contributed by atoms with E-state index in [2.05, 4.69) is 37.8 Å². The summed E-state index contributed by atoms with van der Waals surface area (Å²) in [5, 5.41) is 7.60. The monoisotopic (exact) mass is 321 g/mol. The predicted octanol–water partition coefficient (Wildman–Crippen LogP) is 2.98. The van der Waals surface area contributed by atoms with Gasteiger partial charge in [0, 0.05) is 37.7 Å². The Bertz CT molecular complexity index is 401. The van der Waals surface area contributed by atoms with Crippen molar-refractivity contribution in [3.63, 3.8) is 0 Å². The topological polar surface area (TPSA) is 66.8 Å². The molecule has 0 aromatic heterocycles. The molecule has 1 aliphatic rings. The van der Waals surface area contributed by atoms with E-state index in [1.165, 1.54) is 0 Å². The highest BCUT2D eigenvalue weighted by atomic mass is 16.5. The molecule has 5 heteroatoms. The molecule has 0 amide bonds. The van der Waals surface area contributed by atoms with Crippen molar-refractivity contribution in [3.8, 4) is 0 Å². The van der Waals surface area contributed by atoms with Crippen LogP contribution in [0.1, 0.15) is 13.3 Å². The number of carbonyl (C=O) groups is 2. The molecular weight excluding hydrogens is 294 g/mol. The second-order valence-corrected chi connectivity index (χ2v) is 4.65. The van der Waals surface area contributed by atoms with Crippen LogP contribution in [0.3, 0.4) is 0 Å². The van der Waals surface area contributed by atoms with Crippen molar-refractivity contribution in [2.75, 3.05) is 19.6 Å². The zero-order valence-corrected chi connectivity index (χ0v) is 13.9. The predicted molar refractivity (Wildman–Crippen MR) is 94.2 cm³/mol. The van der Waals surface area contributed by atoms with Crippen molar-refractivity contribution >= 4 is 11.9 Å². The number of esters is 1. The van der Waals surface area contributed by atoms with Gasteiger partial charge in [-0.05, 0) is 6.92 Å². The summed E-state index contributed by atoms with van der Waals surface area (Å²) in [7, 11) is 0. The number of nitrogens with zero attached hydrogens (tertiary/aromatic N) is 1. The second kappa shape index (κ2) is 14.5. The molecule has 0 saturated carbocycles. The number of carboxylic acids is 1. The first kappa shape index (κ1) is 22.9. The average molecular weight is 321 g/mol. The molecule has 128 valence electrons. The van der Waals surface area contributed by atoms with Gasteiger partial charge in [-0.25, -0.2) is 9.59 Å². The lowest BCUT2D eigenvalue weighted by molar-refractivity contribution is -0.138. The largest absolute Gasteiger partial charge is 0.478 e. The van der Waals surface area contributed by atoms with Crippen LogP contribution in [0, 0.1) is 0 Å². The van der Waals surface area contributed by atoms with E-state index < -0.39 is 5.97 Å². The summed E-state index contributed by atoms with van der Waals surface area (Å²) in [5.74, 6) is -1.22. The third kappa shape index (κ3) is 14.3. The number of carbonyl (C=O) groups excluding carboxylic acids is 1. The molecule has 23 heavy (non-hydrogen) atoms. The van der Waals surface area contributed by atoms with Gasteiger partial charge in [-0.1, -0.05) is 31.4 Å². The Morgan fingerprint density at radius 1 is 1.22 bits per heavy atom. The summed E-state index contributed by atoms with van der Waals surface area (Å²) >= 11 is 0. The Morgan fingerprint density at radius 2 is 1.61 bits per heavy atom. The number of rotatable bonds is 7. The molecule has 5 nitrogen and oxygen atoms in total. The molecule has 0 aromatic rings. The van der Waals surface area contributed by atoms with Gasteiger partial charge in [0.1, 0.15) is 6.10 Å². The highest BCUT2D eigenvalue weighted by Crippen LogP contribution is 2.16. The Labute approximate surface area is 138 Å². The van der Waals surface area contributed by atoms with Gasteiger partial charge in [0.15, 0.2) is 0 Å². The third-order valence-corrected chi connectivity index (χ3v) is 2.47. The Morgan fingerprint density at radius 3 is 1.74 bits per heavy atom. The fourth-order valence-corrected chi connectivity index (χ4v) is 1.51. The lowest BCUT2D eigenvalue weighted by Crippen LogP contribution is -2.23. The molecule has 0 radical (unpaired) electrons. The summed E-state index contributed by atoms with van der Waals surface area (Å²) in [5.41, 5.74) is 0.595. The number of cyclic esters (lactones) is 1. The number of ether oxygens (including phenoxy) is 1. The van der Waals surface area contributed by atoms with Crippen LogP contribution in [0.5, 0.6) is 0 Å². The molecule has 1 fully saturated rings. The molecule has 0 aliphatic carbocycles. The standard InChI is InChI=1S/C9H15N.C6H8O2.C3H4O2/c1-4-7-10(8-5-2)9-6-3;1-4-3-5(2)8-6(4)7;1-2-3(4)5/h4-6H,1-3,7-9H2;5H,1,3H2,2H3;2H,1H2,(H,4,5). The zero-order chi connectivity index (χ0) is 18.3. The number of carboxylic acid groups (broad SMARTS) is 1. The first-order valence-electron chi connectivity index (χ1n) is 7.11. The fourth-order valence-electron chi connectivity index (χ4n) is 1.51. The van der Waals surface area contributed by atoms with Crippen LogP contribution >= 0.6 is 0 Å². The molecule has 1 atom stereocenters. The first-order valence-corrected chi connectivity index (χ1v) is 7.11. The average Bonchev–Trinajstić information content (AvgIpc) is 2.77. The van der Waals surface area contributed by atoms with Crippen LogP contribution in [-0.4, -0.2) is 47.7 Å². The van der Waals surface area contributed by atoms with Crippen molar-refractivity contribution in [3.05, 3.63) is 62.8 Å². The van der Waals surface area contributed by atoms with Crippen molar-refractivity contribution in [1.82, 2.24) is 4.90 Å². The normalized spacial score (nSPS) is 15.3. The summed E-state index contributed by atoms with van der Waals surface area (Å²) < 4.78 is 4.73. The van der Waals surface area contributed by atoms with E-state index >= 15 is 0 Å². The Kier molecular flexibility index (Phi) is 14.5. The Balaban J connectivity index is 0. The lowest BCUT2D eigenvalue weighted by Gasteiger charge is -2.15. The summed E-state index contributed by atoms with van der Waals surface area (Å²) in [6, 6.07) is 0. The van der Waals surface area contributed by atoms with Crippen LogP contribution in [0.15, 0.2) is 62.8 Å². The SMILES string of the molecule is C=C1CC(C)OC1=O.C=CC(=O)O.C=CCN(CC=C)CC=C. The van der Waals surface area contributed by atoms with Crippen LogP contribution in [-0.2, 0) is 14.3 Å². The summed E-state index contributed by atoms with van der Waals surface area (Å²) in [6.07, 6.45) is 7.22. The van der Waals surface area contributed by atoms with Crippen LogP contribution < -0.4 is 0 Å². The van der Waals surface area contributed by atoms with Crippen molar-refractivity contribution in [2.24, 2.45) is 0 Å². The van der Waals surface area contributed by atoms with Gasteiger partial charge in [0.05, 0.1) is 0 Å². The maximum absolute atomic E-state index is 10.5. The van der Waals surface area contributed by atoms with Crippen LogP contribution in [0.4, 0.5) is 0 Å². The van der Waals surface area contributed by atoms with Crippen LogP contribution in [0.25, 0.3) is 0 Å². The minimum Gasteiger partial charge on any atom is -0.478 e.